The fourth-order valence-corrected chi connectivity index (χ4v) is 3.26. The SMILES string of the molecule is Cc1c(C(=O)Nc2ccc(Cl)cc2)oc2c1/C(=N\O)CC(C)(C)C2. The third-order valence-corrected chi connectivity index (χ3v) is 4.47. The Morgan fingerprint density at radius 1 is 1.29 bits per heavy atom. The van der Waals surface area contributed by atoms with Crippen molar-refractivity contribution >= 4 is 28.9 Å². The van der Waals surface area contributed by atoms with E-state index >= 15 is 0 Å². The fraction of sp³-hybridized carbons (Fsp3) is 0.333. The van der Waals surface area contributed by atoms with Crippen LogP contribution in [0.5, 0.6) is 0 Å². The number of furan rings is 1. The van der Waals surface area contributed by atoms with Crippen molar-refractivity contribution in [1.29, 1.82) is 0 Å². The minimum absolute atomic E-state index is 0.0806. The molecule has 0 saturated heterocycles. The molecular weight excluding hydrogens is 328 g/mol. The number of amides is 1. The summed E-state index contributed by atoms with van der Waals surface area (Å²) in [7, 11) is 0. The average molecular weight is 347 g/mol. The van der Waals surface area contributed by atoms with Crippen molar-refractivity contribution in [3.63, 3.8) is 0 Å². The maximum absolute atomic E-state index is 12.6. The number of rotatable bonds is 2. The highest BCUT2D eigenvalue weighted by molar-refractivity contribution is 6.30. The third-order valence-electron chi connectivity index (χ3n) is 4.22. The number of hydrogen-bond acceptors (Lipinski definition) is 4. The highest BCUT2D eigenvalue weighted by atomic mass is 35.5. The first-order chi connectivity index (χ1) is 11.3. The second-order valence-electron chi connectivity index (χ2n) is 6.88. The van der Waals surface area contributed by atoms with Gasteiger partial charge in [0.25, 0.3) is 5.91 Å². The van der Waals surface area contributed by atoms with Gasteiger partial charge in [-0.15, -0.1) is 0 Å². The van der Waals surface area contributed by atoms with Gasteiger partial charge < -0.3 is 14.9 Å². The summed E-state index contributed by atoms with van der Waals surface area (Å²) in [4.78, 5) is 12.6. The van der Waals surface area contributed by atoms with E-state index in [-0.39, 0.29) is 17.1 Å². The highest BCUT2D eigenvalue weighted by Crippen LogP contribution is 2.38. The zero-order valence-electron chi connectivity index (χ0n) is 13.8. The van der Waals surface area contributed by atoms with Crippen molar-refractivity contribution in [2.24, 2.45) is 10.6 Å². The van der Waals surface area contributed by atoms with Crippen LogP contribution in [0, 0.1) is 12.3 Å². The normalized spacial score (nSPS) is 17.6. The van der Waals surface area contributed by atoms with Gasteiger partial charge in [0.05, 0.1) is 5.71 Å². The molecule has 126 valence electrons. The van der Waals surface area contributed by atoms with Gasteiger partial charge in [0, 0.05) is 28.3 Å². The number of nitrogens with zero attached hydrogens (tertiary/aromatic N) is 1. The van der Waals surface area contributed by atoms with E-state index in [1.165, 1.54) is 0 Å². The smallest absolute Gasteiger partial charge is 0.291 e. The van der Waals surface area contributed by atoms with E-state index in [1.807, 2.05) is 6.92 Å². The van der Waals surface area contributed by atoms with Crippen molar-refractivity contribution < 1.29 is 14.4 Å². The largest absolute Gasteiger partial charge is 0.455 e. The number of carbonyl (C=O) groups excluding carboxylic acids is 1. The van der Waals surface area contributed by atoms with Gasteiger partial charge in [-0.1, -0.05) is 30.6 Å². The standard InChI is InChI=1S/C18H19ClN2O3/c1-10-15-13(21-23)8-18(2,3)9-14(15)24-16(10)17(22)20-12-6-4-11(19)5-7-12/h4-7,23H,8-9H2,1-3H3,(H,20,22)/b21-13-. The lowest BCUT2D eigenvalue weighted by Gasteiger charge is -2.28. The first-order valence-electron chi connectivity index (χ1n) is 7.71. The van der Waals surface area contributed by atoms with Crippen LogP contribution >= 0.6 is 11.6 Å². The van der Waals surface area contributed by atoms with Crippen LogP contribution in [-0.4, -0.2) is 16.8 Å². The number of halogens is 1. The van der Waals surface area contributed by atoms with Crippen LogP contribution in [-0.2, 0) is 6.42 Å². The lowest BCUT2D eigenvalue weighted by Crippen LogP contribution is -2.27. The molecule has 1 amide bonds. The summed E-state index contributed by atoms with van der Waals surface area (Å²) in [6.07, 6.45) is 1.32. The molecule has 0 atom stereocenters. The maximum Gasteiger partial charge on any atom is 0.291 e. The maximum atomic E-state index is 12.6. The minimum Gasteiger partial charge on any atom is -0.455 e. The summed E-state index contributed by atoms with van der Waals surface area (Å²) in [5, 5.41) is 16.2. The van der Waals surface area contributed by atoms with Crippen LogP contribution in [0.1, 0.15) is 47.7 Å². The van der Waals surface area contributed by atoms with Crippen molar-refractivity contribution in [2.75, 3.05) is 5.32 Å². The van der Waals surface area contributed by atoms with Gasteiger partial charge in [0.15, 0.2) is 5.76 Å². The summed E-state index contributed by atoms with van der Waals surface area (Å²) in [6, 6.07) is 6.86. The van der Waals surface area contributed by atoms with E-state index in [0.29, 0.717) is 40.6 Å². The Bertz CT molecular complexity index is 820. The molecule has 1 aromatic carbocycles. The topological polar surface area (TPSA) is 74.8 Å². The van der Waals surface area contributed by atoms with E-state index < -0.39 is 0 Å². The lowest BCUT2D eigenvalue weighted by atomic mass is 9.75. The molecular formula is C18H19ClN2O3. The van der Waals surface area contributed by atoms with Crippen LogP contribution in [0.15, 0.2) is 33.8 Å². The van der Waals surface area contributed by atoms with Crippen molar-refractivity contribution in [3.8, 4) is 0 Å². The molecule has 24 heavy (non-hydrogen) atoms. The number of fused-ring (bicyclic) bond motifs is 1. The Balaban J connectivity index is 1.94. The number of benzene rings is 1. The van der Waals surface area contributed by atoms with E-state index in [2.05, 4.69) is 24.3 Å². The van der Waals surface area contributed by atoms with E-state index in [1.54, 1.807) is 24.3 Å². The molecule has 5 nitrogen and oxygen atoms in total. The van der Waals surface area contributed by atoms with Crippen molar-refractivity contribution in [1.82, 2.24) is 0 Å². The molecule has 1 heterocycles. The van der Waals surface area contributed by atoms with Gasteiger partial charge in [0.2, 0.25) is 0 Å². The van der Waals surface area contributed by atoms with Gasteiger partial charge in [-0.3, -0.25) is 4.79 Å². The number of anilines is 1. The van der Waals surface area contributed by atoms with Crippen LogP contribution in [0.25, 0.3) is 0 Å². The Morgan fingerprint density at radius 2 is 1.96 bits per heavy atom. The average Bonchev–Trinajstić information content (AvgIpc) is 2.84. The summed E-state index contributed by atoms with van der Waals surface area (Å²) in [5.41, 5.74) is 2.56. The zero-order valence-corrected chi connectivity index (χ0v) is 14.6. The van der Waals surface area contributed by atoms with Crippen LogP contribution in [0.3, 0.4) is 0 Å². The fourth-order valence-electron chi connectivity index (χ4n) is 3.14. The molecule has 2 aromatic rings. The van der Waals surface area contributed by atoms with Gasteiger partial charge >= 0.3 is 0 Å². The summed E-state index contributed by atoms with van der Waals surface area (Å²) >= 11 is 5.85. The minimum atomic E-state index is -0.334. The highest BCUT2D eigenvalue weighted by Gasteiger charge is 2.36. The van der Waals surface area contributed by atoms with E-state index in [9.17, 15) is 10.0 Å². The monoisotopic (exact) mass is 346 g/mol. The number of carbonyl (C=O) groups is 1. The van der Waals surface area contributed by atoms with Crippen LogP contribution in [0.2, 0.25) is 5.02 Å². The Hall–Kier alpha value is -2.27. The van der Waals surface area contributed by atoms with Crippen LogP contribution < -0.4 is 5.32 Å². The summed E-state index contributed by atoms with van der Waals surface area (Å²) in [6.45, 7) is 5.96. The molecule has 0 spiro atoms. The molecule has 0 saturated carbocycles. The zero-order chi connectivity index (χ0) is 17.5. The lowest BCUT2D eigenvalue weighted by molar-refractivity contribution is 0.0993. The Labute approximate surface area is 145 Å². The van der Waals surface area contributed by atoms with Gasteiger partial charge in [-0.05, 0) is 43.0 Å². The first-order valence-corrected chi connectivity index (χ1v) is 8.09. The van der Waals surface area contributed by atoms with Gasteiger partial charge in [-0.2, -0.15) is 0 Å². The number of hydrogen-bond donors (Lipinski definition) is 2. The number of nitrogens with one attached hydrogen (secondary N) is 1. The molecule has 0 fully saturated rings. The van der Waals surface area contributed by atoms with Crippen LogP contribution in [0.4, 0.5) is 5.69 Å². The summed E-state index contributed by atoms with van der Waals surface area (Å²) < 4.78 is 5.83. The molecule has 0 aliphatic heterocycles. The second kappa shape index (κ2) is 5.98. The second-order valence-corrected chi connectivity index (χ2v) is 7.32. The molecule has 1 aliphatic carbocycles. The van der Waals surface area contributed by atoms with E-state index in [4.69, 9.17) is 16.0 Å². The Morgan fingerprint density at radius 3 is 2.58 bits per heavy atom. The molecule has 6 heteroatoms. The molecule has 0 radical (unpaired) electrons. The predicted octanol–water partition coefficient (Wildman–Crippen LogP) is 4.64. The third kappa shape index (κ3) is 3.04. The first kappa shape index (κ1) is 16.6. The molecule has 0 unspecified atom stereocenters. The van der Waals surface area contributed by atoms with Gasteiger partial charge in [-0.25, -0.2) is 0 Å². The molecule has 2 N–H and O–H groups in total. The number of oxime groups is 1. The molecule has 1 aliphatic rings. The van der Waals surface area contributed by atoms with E-state index in [0.717, 1.165) is 5.56 Å². The molecule has 3 rings (SSSR count). The molecule has 0 bridgehead atoms. The Kier molecular flexibility index (Phi) is 4.13. The molecule has 1 aromatic heterocycles. The summed E-state index contributed by atoms with van der Waals surface area (Å²) in [5.74, 6) is 0.603. The van der Waals surface area contributed by atoms with Gasteiger partial charge in [0.1, 0.15) is 5.76 Å². The quantitative estimate of drug-likeness (QED) is 0.614. The van der Waals surface area contributed by atoms with Crippen molar-refractivity contribution in [2.45, 2.75) is 33.6 Å². The van der Waals surface area contributed by atoms with Crippen molar-refractivity contribution in [3.05, 3.63) is 51.9 Å². The predicted molar refractivity (Wildman–Crippen MR) is 93.3 cm³/mol.